The molecule has 0 aromatic carbocycles. The summed E-state index contributed by atoms with van der Waals surface area (Å²) in [6, 6.07) is 0. The molecule has 1 fully saturated rings. The van der Waals surface area contributed by atoms with Crippen molar-refractivity contribution in [3.8, 4) is 0 Å². The SMILES string of the molecule is CC1=CCC2(CC1)CC2(F)F. The highest BCUT2D eigenvalue weighted by Crippen LogP contribution is 2.66. The van der Waals surface area contributed by atoms with Crippen LogP contribution in [-0.4, -0.2) is 5.92 Å². The van der Waals surface area contributed by atoms with E-state index in [9.17, 15) is 8.78 Å². The maximum Gasteiger partial charge on any atom is 0.254 e. The average Bonchev–Trinajstić information content (AvgIpc) is 2.44. The Hall–Kier alpha value is -0.400. The van der Waals surface area contributed by atoms with E-state index in [2.05, 4.69) is 0 Å². The summed E-state index contributed by atoms with van der Waals surface area (Å²) in [6.07, 6.45) is 4.28. The molecule has 2 aliphatic rings. The predicted molar refractivity (Wildman–Crippen MR) is 39.6 cm³/mol. The molecule has 11 heavy (non-hydrogen) atoms. The van der Waals surface area contributed by atoms with Crippen molar-refractivity contribution in [3.63, 3.8) is 0 Å². The lowest BCUT2D eigenvalue weighted by Crippen LogP contribution is -2.13. The van der Waals surface area contributed by atoms with Crippen LogP contribution in [0, 0.1) is 5.41 Å². The first kappa shape index (κ1) is 7.26. The lowest BCUT2D eigenvalue weighted by Gasteiger charge is -2.19. The van der Waals surface area contributed by atoms with Gasteiger partial charge >= 0.3 is 0 Å². The molecule has 0 amide bonds. The second-order valence-electron chi connectivity index (χ2n) is 3.92. The topological polar surface area (TPSA) is 0 Å². The number of hydrogen-bond acceptors (Lipinski definition) is 0. The number of alkyl halides is 2. The molecule has 1 saturated carbocycles. The maximum atomic E-state index is 12.8. The van der Waals surface area contributed by atoms with Gasteiger partial charge < -0.3 is 0 Å². The van der Waals surface area contributed by atoms with Crippen LogP contribution in [0.5, 0.6) is 0 Å². The minimum atomic E-state index is -2.34. The molecule has 0 heterocycles. The largest absolute Gasteiger partial charge is 0.254 e. The molecule has 0 saturated heterocycles. The van der Waals surface area contributed by atoms with Gasteiger partial charge in [-0.1, -0.05) is 11.6 Å². The highest BCUT2D eigenvalue weighted by molar-refractivity contribution is 5.19. The van der Waals surface area contributed by atoms with Crippen molar-refractivity contribution in [3.05, 3.63) is 11.6 Å². The Balaban J connectivity index is 2.12. The molecule has 0 aromatic rings. The van der Waals surface area contributed by atoms with E-state index >= 15 is 0 Å². The Morgan fingerprint density at radius 1 is 1.45 bits per heavy atom. The van der Waals surface area contributed by atoms with Crippen molar-refractivity contribution in [1.82, 2.24) is 0 Å². The fraction of sp³-hybridized carbons (Fsp3) is 0.778. The standard InChI is InChI=1S/C9H12F2/c1-7-2-4-8(5-3-7)6-9(8,10)11/h2H,3-6H2,1H3. The van der Waals surface area contributed by atoms with E-state index in [4.69, 9.17) is 0 Å². The van der Waals surface area contributed by atoms with Crippen LogP contribution in [0.1, 0.15) is 32.6 Å². The van der Waals surface area contributed by atoms with Crippen molar-refractivity contribution in [2.45, 2.75) is 38.5 Å². The molecule has 1 spiro atoms. The zero-order valence-electron chi connectivity index (χ0n) is 6.66. The van der Waals surface area contributed by atoms with Crippen LogP contribution in [0.15, 0.2) is 11.6 Å². The summed E-state index contributed by atoms with van der Waals surface area (Å²) < 4.78 is 25.5. The Morgan fingerprint density at radius 2 is 2.09 bits per heavy atom. The molecule has 2 heteroatoms. The van der Waals surface area contributed by atoms with Crippen LogP contribution in [-0.2, 0) is 0 Å². The first-order valence-corrected chi connectivity index (χ1v) is 4.09. The Kier molecular flexibility index (Phi) is 1.22. The average molecular weight is 158 g/mol. The molecule has 0 nitrogen and oxygen atoms in total. The van der Waals surface area contributed by atoms with Crippen molar-refractivity contribution in [2.75, 3.05) is 0 Å². The van der Waals surface area contributed by atoms with E-state index in [-0.39, 0.29) is 6.42 Å². The minimum absolute atomic E-state index is 0.129. The smallest absolute Gasteiger partial charge is 0.206 e. The van der Waals surface area contributed by atoms with Gasteiger partial charge in [0, 0.05) is 11.8 Å². The molecule has 0 bridgehead atoms. The van der Waals surface area contributed by atoms with Gasteiger partial charge in [0.15, 0.2) is 0 Å². The summed E-state index contributed by atoms with van der Waals surface area (Å²) in [4.78, 5) is 0. The van der Waals surface area contributed by atoms with E-state index < -0.39 is 11.3 Å². The van der Waals surface area contributed by atoms with Gasteiger partial charge in [0.05, 0.1) is 0 Å². The third-order valence-electron chi connectivity index (χ3n) is 3.05. The van der Waals surface area contributed by atoms with Crippen molar-refractivity contribution in [2.24, 2.45) is 5.41 Å². The molecule has 1 atom stereocenters. The zero-order chi connectivity index (χ0) is 8.11. The highest BCUT2D eigenvalue weighted by atomic mass is 19.3. The Morgan fingerprint density at radius 3 is 2.45 bits per heavy atom. The molecule has 0 radical (unpaired) electrons. The van der Waals surface area contributed by atoms with Crippen LogP contribution in [0.2, 0.25) is 0 Å². The third-order valence-corrected chi connectivity index (χ3v) is 3.05. The highest BCUT2D eigenvalue weighted by Gasteiger charge is 2.69. The molecule has 1 unspecified atom stereocenters. The quantitative estimate of drug-likeness (QED) is 0.475. The van der Waals surface area contributed by atoms with Crippen LogP contribution < -0.4 is 0 Å². The predicted octanol–water partition coefficient (Wildman–Crippen LogP) is 3.14. The first-order chi connectivity index (χ1) is 5.06. The molecule has 2 aliphatic carbocycles. The van der Waals surface area contributed by atoms with Gasteiger partial charge in [-0.05, 0) is 26.2 Å². The van der Waals surface area contributed by atoms with E-state index in [1.54, 1.807) is 0 Å². The van der Waals surface area contributed by atoms with E-state index in [0.717, 1.165) is 6.42 Å². The van der Waals surface area contributed by atoms with Gasteiger partial charge in [0.2, 0.25) is 0 Å². The van der Waals surface area contributed by atoms with Crippen molar-refractivity contribution in [1.29, 1.82) is 0 Å². The Labute approximate surface area is 65.3 Å². The van der Waals surface area contributed by atoms with Gasteiger partial charge in [0.25, 0.3) is 5.92 Å². The molecular formula is C9H12F2. The second kappa shape index (κ2) is 1.85. The molecule has 0 aromatic heterocycles. The second-order valence-corrected chi connectivity index (χ2v) is 3.92. The lowest BCUT2D eigenvalue weighted by atomic mass is 9.87. The monoisotopic (exact) mass is 158 g/mol. The molecule has 0 aliphatic heterocycles. The molecule has 2 rings (SSSR count). The van der Waals surface area contributed by atoms with E-state index in [1.807, 2.05) is 13.0 Å². The number of rotatable bonds is 0. The van der Waals surface area contributed by atoms with Crippen LogP contribution in [0.4, 0.5) is 8.78 Å². The first-order valence-electron chi connectivity index (χ1n) is 4.09. The van der Waals surface area contributed by atoms with Gasteiger partial charge in [-0.2, -0.15) is 0 Å². The molecule has 0 N–H and O–H groups in total. The van der Waals surface area contributed by atoms with Crippen molar-refractivity contribution < 1.29 is 8.78 Å². The number of allylic oxidation sites excluding steroid dienone is 2. The normalized spacial score (nSPS) is 40.5. The summed E-state index contributed by atoms with van der Waals surface area (Å²) in [5.41, 5.74) is 0.672. The van der Waals surface area contributed by atoms with Gasteiger partial charge in [-0.3, -0.25) is 0 Å². The van der Waals surface area contributed by atoms with Gasteiger partial charge in [-0.25, -0.2) is 8.78 Å². The van der Waals surface area contributed by atoms with Crippen LogP contribution >= 0.6 is 0 Å². The molecule has 62 valence electrons. The fourth-order valence-corrected chi connectivity index (χ4v) is 1.88. The van der Waals surface area contributed by atoms with Gasteiger partial charge in [-0.15, -0.1) is 0 Å². The van der Waals surface area contributed by atoms with Gasteiger partial charge in [0.1, 0.15) is 0 Å². The van der Waals surface area contributed by atoms with Crippen LogP contribution in [0.25, 0.3) is 0 Å². The summed E-state index contributed by atoms with van der Waals surface area (Å²) in [6.45, 7) is 2.02. The minimum Gasteiger partial charge on any atom is -0.206 e. The van der Waals surface area contributed by atoms with E-state index in [0.29, 0.717) is 12.8 Å². The number of halogens is 2. The molecular weight excluding hydrogens is 146 g/mol. The maximum absolute atomic E-state index is 12.8. The van der Waals surface area contributed by atoms with Crippen LogP contribution in [0.3, 0.4) is 0 Å². The van der Waals surface area contributed by atoms with Crippen molar-refractivity contribution >= 4 is 0 Å². The fourth-order valence-electron chi connectivity index (χ4n) is 1.88. The van der Waals surface area contributed by atoms with E-state index in [1.165, 1.54) is 5.57 Å². The third kappa shape index (κ3) is 0.916. The summed E-state index contributed by atoms with van der Waals surface area (Å²) >= 11 is 0. The zero-order valence-corrected chi connectivity index (χ0v) is 6.66. The summed E-state index contributed by atoms with van der Waals surface area (Å²) in [5, 5.41) is 0. The Bertz CT molecular complexity index is 218. The number of hydrogen-bond donors (Lipinski definition) is 0. The summed E-state index contributed by atoms with van der Waals surface area (Å²) in [7, 11) is 0. The lowest BCUT2D eigenvalue weighted by molar-refractivity contribution is 0.0595. The summed E-state index contributed by atoms with van der Waals surface area (Å²) in [5.74, 6) is -2.34.